The molecule has 0 aromatic carbocycles. The third kappa shape index (κ3) is 6.87. The number of rotatable bonds is 9. The van der Waals surface area contributed by atoms with Gasteiger partial charge in [0.25, 0.3) is 0 Å². The number of esters is 1. The Morgan fingerprint density at radius 3 is 2.24 bits per heavy atom. The van der Waals surface area contributed by atoms with E-state index >= 15 is 0 Å². The summed E-state index contributed by atoms with van der Waals surface area (Å²) >= 11 is 0. The predicted octanol–water partition coefficient (Wildman–Crippen LogP) is 3.09. The highest BCUT2D eigenvalue weighted by molar-refractivity contribution is 6.26. The van der Waals surface area contributed by atoms with Crippen molar-refractivity contribution in [1.29, 1.82) is 0 Å². The molecule has 0 N–H and O–H groups in total. The lowest BCUT2D eigenvalue weighted by Crippen LogP contribution is -2.28. The van der Waals surface area contributed by atoms with Gasteiger partial charge in [-0.1, -0.05) is 59.8 Å². The van der Waals surface area contributed by atoms with Gasteiger partial charge in [0, 0.05) is 10.2 Å². The Morgan fingerprint density at radius 2 is 1.71 bits per heavy atom. The van der Waals surface area contributed by atoms with E-state index in [1.165, 1.54) is 32.1 Å². The van der Waals surface area contributed by atoms with Crippen LogP contribution in [0.3, 0.4) is 0 Å². The van der Waals surface area contributed by atoms with Crippen molar-refractivity contribution >= 4 is 16.2 Å². The number of hydrogen-bond acceptors (Lipinski definition) is 2. The maximum atomic E-state index is 11.9. The number of hydrogen-bond donors (Lipinski definition) is 0. The van der Waals surface area contributed by atoms with Crippen LogP contribution in [0.4, 0.5) is 0 Å². The molecule has 0 radical (unpaired) electrons. The summed E-state index contributed by atoms with van der Waals surface area (Å²) in [6, 6.07) is 0. The SMILES string of the molecule is CCCCCCCCOC(=O)C(C)([SiH3])C(C)C. The molecular formula is C14H30O2Si. The molecule has 1 unspecified atom stereocenters. The lowest BCUT2D eigenvalue weighted by Gasteiger charge is -2.26. The first-order valence-corrected chi connectivity index (χ1v) is 8.10. The maximum Gasteiger partial charge on any atom is 0.308 e. The smallest absolute Gasteiger partial charge is 0.308 e. The quantitative estimate of drug-likeness (QED) is 0.361. The van der Waals surface area contributed by atoms with Crippen LogP contribution in [0.15, 0.2) is 0 Å². The second kappa shape index (κ2) is 8.73. The lowest BCUT2D eigenvalue weighted by atomic mass is 9.97. The Hall–Kier alpha value is -0.313. The van der Waals surface area contributed by atoms with Crippen molar-refractivity contribution < 1.29 is 9.53 Å². The van der Waals surface area contributed by atoms with E-state index in [0.29, 0.717) is 12.5 Å². The van der Waals surface area contributed by atoms with Crippen molar-refractivity contribution in [3.8, 4) is 0 Å². The molecule has 0 bridgehead atoms. The largest absolute Gasteiger partial charge is 0.466 e. The van der Waals surface area contributed by atoms with Gasteiger partial charge in [-0.3, -0.25) is 4.79 Å². The van der Waals surface area contributed by atoms with Crippen molar-refractivity contribution in [3.63, 3.8) is 0 Å². The van der Waals surface area contributed by atoms with Crippen molar-refractivity contribution in [2.75, 3.05) is 6.61 Å². The van der Waals surface area contributed by atoms with E-state index < -0.39 is 0 Å². The maximum absolute atomic E-state index is 11.9. The van der Waals surface area contributed by atoms with Gasteiger partial charge < -0.3 is 4.74 Å². The van der Waals surface area contributed by atoms with Gasteiger partial charge in [-0.05, 0) is 12.3 Å². The monoisotopic (exact) mass is 258 g/mol. The molecule has 0 aliphatic carbocycles. The van der Waals surface area contributed by atoms with Crippen molar-refractivity contribution in [1.82, 2.24) is 0 Å². The standard InChI is InChI=1S/C14H30O2Si/c1-5-6-7-8-9-10-11-16-13(15)14(4,17)12(2)3/h12H,5-11H2,1-4,17H3. The fourth-order valence-electron chi connectivity index (χ4n) is 1.47. The van der Waals surface area contributed by atoms with E-state index in [2.05, 4.69) is 20.8 Å². The number of carbonyl (C=O) groups excluding carboxylic acids is 1. The molecule has 0 saturated carbocycles. The number of carbonyl (C=O) groups is 1. The molecule has 3 heteroatoms. The average Bonchev–Trinajstić information content (AvgIpc) is 2.27. The highest BCUT2D eigenvalue weighted by Crippen LogP contribution is 2.32. The molecule has 0 aliphatic heterocycles. The number of ether oxygens (including phenoxy) is 1. The molecule has 0 aromatic rings. The summed E-state index contributed by atoms with van der Waals surface area (Å²) in [6.45, 7) is 9.04. The minimum atomic E-state index is -0.220. The van der Waals surface area contributed by atoms with Gasteiger partial charge >= 0.3 is 5.97 Å². The van der Waals surface area contributed by atoms with Gasteiger partial charge in [0.1, 0.15) is 0 Å². The summed E-state index contributed by atoms with van der Waals surface area (Å²) in [4.78, 5) is 11.9. The van der Waals surface area contributed by atoms with Crippen LogP contribution in [0, 0.1) is 5.92 Å². The Bertz CT molecular complexity index is 212. The Balaban J connectivity index is 3.58. The zero-order valence-electron chi connectivity index (χ0n) is 12.3. The Morgan fingerprint density at radius 1 is 1.18 bits per heavy atom. The highest BCUT2D eigenvalue weighted by Gasteiger charge is 2.32. The van der Waals surface area contributed by atoms with E-state index in [4.69, 9.17) is 4.74 Å². The van der Waals surface area contributed by atoms with Crippen molar-refractivity contribution in [3.05, 3.63) is 0 Å². The third-order valence-corrected chi connectivity index (χ3v) is 5.26. The molecule has 0 spiro atoms. The second-order valence-corrected chi connectivity index (χ2v) is 7.86. The molecule has 0 heterocycles. The van der Waals surface area contributed by atoms with Gasteiger partial charge in [0.05, 0.1) is 11.6 Å². The lowest BCUT2D eigenvalue weighted by molar-refractivity contribution is -0.148. The second-order valence-electron chi connectivity index (χ2n) is 5.78. The summed E-state index contributed by atoms with van der Waals surface area (Å²) < 4.78 is 5.37. The molecule has 0 fully saturated rings. The van der Waals surface area contributed by atoms with Crippen LogP contribution in [-0.2, 0) is 9.53 Å². The predicted molar refractivity (Wildman–Crippen MR) is 77.5 cm³/mol. The summed E-state index contributed by atoms with van der Waals surface area (Å²) in [5.74, 6) is 0.388. The topological polar surface area (TPSA) is 26.3 Å². The minimum Gasteiger partial charge on any atom is -0.466 e. The van der Waals surface area contributed by atoms with Gasteiger partial charge in [-0.25, -0.2) is 0 Å². The molecule has 0 amide bonds. The summed E-state index contributed by atoms with van der Waals surface area (Å²) in [5.41, 5.74) is 0. The van der Waals surface area contributed by atoms with Crippen LogP contribution >= 0.6 is 0 Å². The number of unbranched alkanes of at least 4 members (excludes halogenated alkanes) is 5. The molecule has 0 saturated heterocycles. The van der Waals surface area contributed by atoms with Crippen molar-refractivity contribution in [2.24, 2.45) is 5.92 Å². The Kier molecular flexibility index (Phi) is 8.57. The van der Waals surface area contributed by atoms with Gasteiger partial charge in [0.15, 0.2) is 0 Å². The first-order valence-electron chi connectivity index (χ1n) is 7.10. The van der Waals surface area contributed by atoms with E-state index in [-0.39, 0.29) is 11.0 Å². The summed E-state index contributed by atoms with van der Waals surface area (Å²) in [7, 11) is 0.863. The molecule has 1 atom stereocenters. The van der Waals surface area contributed by atoms with Gasteiger partial charge in [-0.15, -0.1) is 0 Å². The van der Waals surface area contributed by atoms with E-state index in [9.17, 15) is 4.79 Å². The normalized spacial score (nSPS) is 14.9. The minimum absolute atomic E-state index is 0.00715. The van der Waals surface area contributed by atoms with Crippen molar-refractivity contribution in [2.45, 2.75) is 71.3 Å². The molecule has 0 rings (SSSR count). The fraction of sp³-hybridized carbons (Fsp3) is 0.929. The van der Waals surface area contributed by atoms with Crippen LogP contribution in [0.2, 0.25) is 5.04 Å². The fourth-order valence-corrected chi connectivity index (χ4v) is 1.61. The van der Waals surface area contributed by atoms with Gasteiger partial charge in [-0.2, -0.15) is 0 Å². The zero-order valence-corrected chi connectivity index (χ0v) is 14.3. The van der Waals surface area contributed by atoms with E-state index in [1.807, 2.05) is 6.92 Å². The molecule has 0 aliphatic rings. The van der Waals surface area contributed by atoms with Crippen LogP contribution < -0.4 is 0 Å². The Labute approximate surface area is 110 Å². The molecule has 0 aromatic heterocycles. The summed E-state index contributed by atoms with van der Waals surface area (Å²) in [6.07, 6.45) is 7.40. The zero-order chi connectivity index (χ0) is 13.3. The third-order valence-electron chi connectivity index (χ3n) is 3.70. The molecular weight excluding hydrogens is 228 g/mol. The highest BCUT2D eigenvalue weighted by atomic mass is 28.1. The van der Waals surface area contributed by atoms with E-state index in [0.717, 1.165) is 16.7 Å². The molecule has 2 nitrogen and oxygen atoms in total. The van der Waals surface area contributed by atoms with Crippen LogP contribution in [0.25, 0.3) is 0 Å². The van der Waals surface area contributed by atoms with Gasteiger partial charge in [0.2, 0.25) is 0 Å². The van der Waals surface area contributed by atoms with Crippen LogP contribution in [0.1, 0.15) is 66.2 Å². The first-order chi connectivity index (χ1) is 7.92. The molecule has 17 heavy (non-hydrogen) atoms. The van der Waals surface area contributed by atoms with Crippen LogP contribution in [0.5, 0.6) is 0 Å². The first kappa shape index (κ1) is 16.7. The average molecular weight is 258 g/mol. The van der Waals surface area contributed by atoms with Crippen LogP contribution in [-0.4, -0.2) is 22.8 Å². The summed E-state index contributed by atoms with van der Waals surface area (Å²) in [5, 5.41) is -0.220. The van der Waals surface area contributed by atoms with E-state index in [1.54, 1.807) is 0 Å². The molecule has 102 valence electrons.